The van der Waals surface area contributed by atoms with Gasteiger partial charge in [-0.15, -0.1) is 0 Å². The van der Waals surface area contributed by atoms with Crippen LogP contribution in [0, 0.1) is 17.0 Å². The minimum absolute atomic E-state index is 0.194. The molecule has 37 heavy (non-hydrogen) atoms. The lowest BCUT2D eigenvalue weighted by atomic mass is 9.77. The molecule has 2 aromatic rings. The normalized spacial score (nSPS) is 19.1. The molecule has 0 aliphatic heterocycles. The van der Waals surface area contributed by atoms with Gasteiger partial charge in [0, 0.05) is 29.8 Å². The largest absolute Gasteiger partial charge is 0.390 e. The highest BCUT2D eigenvalue weighted by molar-refractivity contribution is 6.30. The van der Waals surface area contributed by atoms with E-state index in [1.54, 1.807) is 31.2 Å². The molecule has 0 heterocycles. The van der Waals surface area contributed by atoms with E-state index in [4.69, 9.17) is 16.7 Å². The second-order valence-corrected chi connectivity index (χ2v) is 11.6. The van der Waals surface area contributed by atoms with E-state index in [0.717, 1.165) is 11.6 Å². The Morgan fingerprint density at radius 1 is 1.14 bits per heavy atom. The molecule has 1 unspecified atom stereocenters. The van der Waals surface area contributed by atoms with Crippen LogP contribution in [0.1, 0.15) is 71.4 Å². The van der Waals surface area contributed by atoms with Crippen LogP contribution in [0.15, 0.2) is 36.4 Å². The van der Waals surface area contributed by atoms with Crippen LogP contribution >= 0.6 is 11.6 Å². The lowest BCUT2D eigenvalue weighted by molar-refractivity contribution is -0.113. The van der Waals surface area contributed by atoms with Gasteiger partial charge >= 0.3 is 0 Å². The standard InChI is InChI=1S/C17H17ClF2N2O.C6H11NO2.C5H12/c1-11(14-3-2-4-15(19)17(14)20)8-21-9-12-5-6-13(18)7-16(12)22-10-23;1-6(9)2-5(3-6)7-4-8;1-5(2,3)4/h2-7,10-11,21H,8-9H2,1H3,(H,22,23);4-5,9H,2-3H2,1H3,(H,7,8);1-4H3. The summed E-state index contributed by atoms with van der Waals surface area (Å²) in [5.74, 6) is -1.85. The van der Waals surface area contributed by atoms with E-state index < -0.39 is 17.2 Å². The zero-order valence-corrected chi connectivity index (χ0v) is 23.3. The number of halogens is 3. The fraction of sp³-hybridized carbons (Fsp3) is 0.500. The van der Waals surface area contributed by atoms with Crippen LogP contribution < -0.4 is 16.0 Å². The predicted molar refractivity (Wildman–Crippen MR) is 146 cm³/mol. The Labute approximate surface area is 224 Å². The van der Waals surface area contributed by atoms with Gasteiger partial charge in [-0.3, -0.25) is 9.59 Å². The van der Waals surface area contributed by atoms with Gasteiger partial charge in [0.05, 0.1) is 5.60 Å². The van der Waals surface area contributed by atoms with E-state index in [1.807, 2.05) is 6.92 Å². The van der Waals surface area contributed by atoms with E-state index in [9.17, 15) is 18.4 Å². The zero-order chi connectivity index (χ0) is 28.2. The summed E-state index contributed by atoms with van der Waals surface area (Å²) in [7, 11) is 0. The monoisotopic (exact) mass is 539 g/mol. The van der Waals surface area contributed by atoms with Crippen LogP contribution in [0.4, 0.5) is 14.5 Å². The topological polar surface area (TPSA) is 90.5 Å². The van der Waals surface area contributed by atoms with Crippen LogP contribution in [0.5, 0.6) is 0 Å². The average molecular weight is 540 g/mol. The molecule has 0 saturated heterocycles. The Bertz CT molecular complexity index is 999. The number of carbonyl (C=O) groups excluding carboxylic acids is 2. The van der Waals surface area contributed by atoms with Gasteiger partial charge < -0.3 is 21.1 Å². The Morgan fingerprint density at radius 3 is 2.30 bits per heavy atom. The van der Waals surface area contributed by atoms with E-state index in [2.05, 4.69) is 43.6 Å². The highest BCUT2D eigenvalue weighted by Crippen LogP contribution is 2.30. The molecule has 206 valence electrons. The highest BCUT2D eigenvalue weighted by atomic mass is 35.5. The van der Waals surface area contributed by atoms with Gasteiger partial charge in [-0.25, -0.2) is 8.78 Å². The maximum Gasteiger partial charge on any atom is 0.211 e. The Kier molecular flexibility index (Phi) is 13.2. The van der Waals surface area contributed by atoms with Crippen LogP contribution in [-0.2, 0) is 16.1 Å². The molecule has 1 aliphatic rings. The quantitative estimate of drug-likeness (QED) is 0.304. The number of carbonyl (C=O) groups is 2. The lowest BCUT2D eigenvalue weighted by Gasteiger charge is -2.40. The van der Waals surface area contributed by atoms with Crippen LogP contribution in [0.3, 0.4) is 0 Å². The maximum absolute atomic E-state index is 13.7. The third-order valence-electron chi connectivity index (χ3n) is 5.24. The lowest BCUT2D eigenvalue weighted by Crippen LogP contribution is -2.51. The van der Waals surface area contributed by atoms with Crippen LogP contribution in [0.25, 0.3) is 0 Å². The molecule has 0 bridgehead atoms. The molecule has 0 aromatic heterocycles. The molecule has 1 fully saturated rings. The first kappa shape index (κ1) is 32.5. The molecule has 9 heteroatoms. The van der Waals surface area contributed by atoms with Crippen molar-refractivity contribution >= 4 is 30.1 Å². The summed E-state index contributed by atoms with van der Waals surface area (Å²) >= 11 is 5.90. The van der Waals surface area contributed by atoms with Crippen LogP contribution in [-0.4, -0.2) is 36.1 Å². The third-order valence-corrected chi connectivity index (χ3v) is 5.48. The van der Waals surface area contributed by atoms with Gasteiger partial charge in [0.25, 0.3) is 0 Å². The van der Waals surface area contributed by atoms with Crippen molar-refractivity contribution in [2.24, 2.45) is 5.41 Å². The van der Waals surface area contributed by atoms with Crippen molar-refractivity contribution in [1.82, 2.24) is 10.6 Å². The van der Waals surface area contributed by atoms with Crippen molar-refractivity contribution in [2.75, 3.05) is 11.9 Å². The van der Waals surface area contributed by atoms with Crippen molar-refractivity contribution in [2.45, 2.75) is 78.5 Å². The SMILES string of the molecule is CC(C)(C)C.CC(CNCc1ccc(Cl)cc1NC=O)c1cccc(F)c1F.CC1(O)CC(NC=O)C1. The fourth-order valence-corrected chi connectivity index (χ4v) is 3.72. The number of benzene rings is 2. The molecule has 4 N–H and O–H groups in total. The second-order valence-electron chi connectivity index (χ2n) is 11.1. The predicted octanol–water partition coefficient (Wildman–Crippen LogP) is 5.78. The molecule has 6 nitrogen and oxygen atoms in total. The Balaban J connectivity index is 0.000000400. The molecule has 2 aromatic carbocycles. The molecular formula is C28H40ClF2N3O3. The number of aliphatic hydroxyl groups is 1. The molecule has 1 saturated carbocycles. The summed E-state index contributed by atoms with van der Waals surface area (Å²) in [4.78, 5) is 20.4. The summed E-state index contributed by atoms with van der Waals surface area (Å²) in [6, 6.07) is 9.56. The number of hydrogen-bond donors (Lipinski definition) is 4. The first-order chi connectivity index (χ1) is 17.2. The summed E-state index contributed by atoms with van der Waals surface area (Å²) in [6.07, 6.45) is 2.64. The highest BCUT2D eigenvalue weighted by Gasteiger charge is 2.37. The average Bonchev–Trinajstić information content (AvgIpc) is 2.75. The molecule has 3 rings (SSSR count). The minimum atomic E-state index is -0.843. The molecule has 1 atom stereocenters. The maximum atomic E-state index is 13.7. The fourth-order valence-electron chi connectivity index (χ4n) is 3.55. The zero-order valence-electron chi connectivity index (χ0n) is 22.5. The Hall–Kier alpha value is -2.55. The second kappa shape index (κ2) is 15.0. The first-order valence-electron chi connectivity index (χ1n) is 12.2. The summed E-state index contributed by atoms with van der Waals surface area (Å²) in [6.45, 7) is 13.3. The molecular weight excluding hydrogens is 500 g/mol. The summed E-state index contributed by atoms with van der Waals surface area (Å²) in [5, 5.41) is 18.0. The van der Waals surface area contributed by atoms with Gasteiger partial charge in [-0.05, 0) is 60.4 Å². The molecule has 2 amide bonds. The van der Waals surface area contributed by atoms with E-state index in [1.165, 1.54) is 6.07 Å². The molecule has 1 aliphatic carbocycles. The number of nitrogens with one attached hydrogen (secondary N) is 3. The number of amides is 2. The van der Waals surface area contributed by atoms with E-state index in [-0.39, 0.29) is 12.0 Å². The van der Waals surface area contributed by atoms with E-state index >= 15 is 0 Å². The van der Waals surface area contributed by atoms with Gasteiger partial charge in [0.1, 0.15) is 0 Å². The van der Waals surface area contributed by atoms with Crippen molar-refractivity contribution in [1.29, 1.82) is 0 Å². The van der Waals surface area contributed by atoms with Gasteiger partial charge in [-0.1, -0.05) is 64.4 Å². The smallest absolute Gasteiger partial charge is 0.211 e. The van der Waals surface area contributed by atoms with Crippen molar-refractivity contribution < 1.29 is 23.5 Å². The van der Waals surface area contributed by atoms with Crippen LogP contribution in [0.2, 0.25) is 5.02 Å². The van der Waals surface area contributed by atoms with Crippen molar-refractivity contribution in [3.8, 4) is 0 Å². The van der Waals surface area contributed by atoms with Gasteiger partial charge in [0.15, 0.2) is 11.6 Å². The summed E-state index contributed by atoms with van der Waals surface area (Å²) < 4.78 is 27.0. The number of rotatable bonds is 9. The molecule has 0 spiro atoms. The molecule has 0 radical (unpaired) electrons. The number of anilines is 1. The van der Waals surface area contributed by atoms with Crippen molar-refractivity contribution in [3.63, 3.8) is 0 Å². The third kappa shape index (κ3) is 13.0. The van der Waals surface area contributed by atoms with Gasteiger partial charge in [-0.2, -0.15) is 0 Å². The van der Waals surface area contributed by atoms with E-state index in [0.29, 0.717) is 60.4 Å². The van der Waals surface area contributed by atoms with Gasteiger partial charge in [0.2, 0.25) is 12.8 Å². The first-order valence-corrected chi connectivity index (χ1v) is 12.6. The Morgan fingerprint density at radius 2 is 1.76 bits per heavy atom. The van der Waals surface area contributed by atoms with Crippen molar-refractivity contribution in [3.05, 3.63) is 64.2 Å². The summed E-state index contributed by atoms with van der Waals surface area (Å²) in [5.41, 5.74) is 1.78. The number of hydrogen-bond acceptors (Lipinski definition) is 4. The minimum Gasteiger partial charge on any atom is -0.390 e.